The minimum Gasteiger partial charge on any atom is -0.481 e. The van der Waals surface area contributed by atoms with Crippen molar-refractivity contribution in [2.75, 3.05) is 56.5 Å². The highest BCUT2D eigenvalue weighted by molar-refractivity contribution is 7.98. The van der Waals surface area contributed by atoms with Crippen LogP contribution in [0.25, 0.3) is 11.3 Å². The molecule has 0 saturated carbocycles. The first-order valence-corrected chi connectivity index (χ1v) is 17.1. The van der Waals surface area contributed by atoms with Crippen molar-refractivity contribution in [3.63, 3.8) is 0 Å². The second kappa shape index (κ2) is 18.9. The fourth-order valence-corrected chi connectivity index (χ4v) is 5.91. The summed E-state index contributed by atoms with van der Waals surface area (Å²) in [4.78, 5) is 44.2. The molecule has 0 unspecified atom stereocenters. The van der Waals surface area contributed by atoms with E-state index in [2.05, 4.69) is 20.5 Å². The summed E-state index contributed by atoms with van der Waals surface area (Å²) < 4.78 is 50.2. The Hall–Kier alpha value is -4.92. The summed E-state index contributed by atoms with van der Waals surface area (Å²) in [6.07, 6.45) is -3.01. The van der Waals surface area contributed by atoms with E-state index in [1.807, 2.05) is 18.2 Å². The van der Waals surface area contributed by atoms with E-state index in [1.54, 1.807) is 44.6 Å². The van der Waals surface area contributed by atoms with Gasteiger partial charge in [-0.2, -0.15) is 24.9 Å². The minimum atomic E-state index is -4.50. The van der Waals surface area contributed by atoms with Gasteiger partial charge in [-0.15, -0.1) is 0 Å². The maximum absolute atomic E-state index is 13.6. The van der Waals surface area contributed by atoms with E-state index < -0.39 is 23.6 Å². The number of carboxylic acids is 1. The van der Waals surface area contributed by atoms with Gasteiger partial charge in [-0.05, 0) is 65.7 Å². The zero-order valence-corrected chi connectivity index (χ0v) is 29.0. The first-order chi connectivity index (χ1) is 24.5. The molecule has 14 heteroatoms. The zero-order valence-electron chi connectivity index (χ0n) is 28.2. The van der Waals surface area contributed by atoms with E-state index >= 15 is 0 Å². The highest BCUT2D eigenvalue weighted by atomic mass is 32.2. The predicted molar refractivity (Wildman–Crippen MR) is 191 cm³/mol. The molecule has 0 radical (unpaired) electrons. The molecule has 4 rings (SSSR count). The number of methoxy groups -OCH3 is 2. The number of alkyl halides is 3. The maximum Gasteiger partial charge on any atom is 0.416 e. The van der Waals surface area contributed by atoms with Crippen LogP contribution in [0.1, 0.15) is 43.8 Å². The average Bonchev–Trinajstić information content (AvgIpc) is 3.12. The van der Waals surface area contributed by atoms with Crippen LogP contribution in [0.3, 0.4) is 0 Å². The highest BCUT2D eigenvalue weighted by Crippen LogP contribution is 2.33. The number of ether oxygens (including phenoxy) is 2. The third kappa shape index (κ3) is 11.8. The Morgan fingerprint density at radius 2 is 1.57 bits per heavy atom. The number of anilines is 2. The number of carbonyl (C=O) groups excluding carboxylic acids is 2. The molecule has 0 atom stereocenters. The van der Waals surface area contributed by atoms with Crippen LogP contribution in [-0.2, 0) is 32.7 Å². The van der Waals surface area contributed by atoms with Crippen molar-refractivity contribution in [3.05, 3.63) is 113 Å². The van der Waals surface area contributed by atoms with Crippen molar-refractivity contribution in [2.45, 2.75) is 24.9 Å². The van der Waals surface area contributed by atoms with E-state index in [1.165, 1.54) is 36.2 Å². The van der Waals surface area contributed by atoms with Crippen molar-refractivity contribution in [1.29, 1.82) is 0 Å². The molecule has 3 N–H and O–H groups in total. The summed E-state index contributed by atoms with van der Waals surface area (Å²) in [5, 5.41) is 14.6. The van der Waals surface area contributed by atoms with E-state index in [4.69, 9.17) is 14.6 Å². The fraction of sp³-hybridized carbons (Fsp3) is 0.297. The van der Waals surface area contributed by atoms with Gasteiger partial charge < -0.3 is 30.1 Å². The first-order valence-electron chi connectivity index (χ1n) is 16.0. The number of benzene rings is 3. The summed E-state index contributed by atoms with van der Waals surface area (Å²) >= 11 is 1.46. The molecule has 0 saturated heterocycles. The summed E-state index contributed by atoms with van der Waals surface area (Å²) in [5.74, 6) is -0.777. The van der Waals surface area contributed by atoms with Gasteiger partial charge in [-0.3, -0.25) is 19.4 Å². The number of aliphatic carboxylic acids is 1. The number of pyridine rings is 1. The van der Waals surface area contributed by atoms with Crippen molar-refractivity contribution in [3.8, 4) is 11.3 Å². The molecule has 51 heavy (non-hydrogen) atoms. The zero-order chi connectivity index (χ0) is 36.8. The lowest BCUT2D eigenvalue weighted by Crippen LogP contribution is -2.30. The molecule has 0 fully saturated rings. The fourth-order valence-electron chi connectivity index (χ4n) is 5.03. The monoisotopic (exact) mass is 724 g/mol. The van der Waals surface area contributed by atoms with Crippen LogP contribution in [0, 0.1) is 0 Å². The minimum absolute atomic E-state index is 0.0463. The van der Waals surface area contributed by atoms with Gasteiger partial charge in [0.15, 0.2) is 0 Å². The number of nitrogens with zero attached hydrogens (tertiary/aromatic N) is 2. The molecule has 2 amide bonds. The normalized spacial score (nSPS) is 11.2. The van der Waals surface area contributed by atoms with Gasteiger partial charge in [0.1, 0.15) is 0 Å². The molecule has 3 aromatic carbocycles. The number of aromatic nitrogens is 1. The van der Waals surface area contributed by atoms with Gasteiger partial charge in [0.05, 0.1) is 36.6 Å². The lowest BCUT2D eigenvalue weighted by molar-refractivity contribution is -0.138. The van der Waals surface area contributed by atoms with Crippen molar-refractivity contribution >= 4 is 40.9 Å². The van der Waals surface area contributed by atoms with Crippen molar-refractivity contribution < 1.29 is 42.1 Å². The third-order valence-electron chi connectivity index (χ3n) is 7.67. The molecular formula is C37H39F3N4O6S. The van der Waals surface area contributed by atoms with Gasteiger partial charge in [0, 0.05) is 73.9 Å². The number of nitrogens with one attached hydrogen (secondary N) is 2. The number of hydrogen-bond acceptors (Lipinski definition) is 8. The number of carboxylic acid groups (broad SMARTS) is 1. The third-order valence-corrected chi connectivity index (χ3v) is 8.70. The van der Waals surface area contributed by atoms with Crippen LogP contribution in [0.4, 0.5) is 24.5 Å². The van der Waals surface area contributed by atoms with E-state index in [0.717, 1.165) is 23.4 Å². The van der Waals surface area contributed by atoms with Crippen LogP contribution in [-0.4, -0.2) is 74.1 Å². The quantitative estimate of drug-likeness (QED) is 0.0954. The molecule has 1 aromatic heterocycles. The van der Waals surface area contributed by atoms with Crippen LogP contribution in [0.15, 0.2) is 85.1 Å². The number of carbonyl (C=O) groups is 3. The van der Waals surface area contributed by atoms with Gasteiger partial charge in [0.25, 0.3) is 11.8 Å². The lowest BCUT2D eigenvalue weighted by atomic mass is 10.0. The van der Waals surface area contributed by atoms with E-state index in [0.29, 0.717) is 65.9 Å². The number of halogens is 3. The maximum atomic E-state index is 13.6. The van der Waals surface area contributed by atoms with Crippen LogP contribution in [0.5, 0.6) is 0 Å². The molecule has 4 aromatic rings. The smallest absolute Gasteiger partial charge is 0.416 e. The summed E-state index contributed by atoms with van der Waals surface area (Å²) in [5.41, 5.74) is 3.09. The Kier molecular flexibility index (Phi) is 14.4. The molecule has 0 aliphatic carbocycles. The van der Waals surface area contributed by atoms with Crippen LogP contribution < -0.4 is 15.5 Å². The standard InChI is InChI=1S/C37H39F3N4O6S/c1-49-16-14-44(15-17-50-2)30-9-10-32(43-36(48)27-7-3-6-26(19-27)24-51-18-12-34(45)46)31(22-30)33-21-28(11-13-41-33)35(47)42-23-25-5-4-8-29(20-25)37(38,39)40/h3-11,13,19-22H,12,14-18,23-24H2,1-2H3,(H,42,47)(H,43,48)(H,45,46). The van der Waals surface area contributed by atoms with E-state index in [9.17, 15) is 27.6 Å². The Morgan fingerprint density at radius 1 is 0.863 bits per heavy atom. The lowest BCUT2D eigenvalue weighted by Gasteiger charge is -2.25. The summed E-state index contributed by atoms with van der Waals surface area (Å²) in [7, 11) is 3.21. The van der Waals surface area contributed by atoms with Crippen molar-refractivity contribution in [1.82, 2.24) is 10.3 Å². The van der Waals surface area contributed by atoms with Gasteiger partial charge in [0.2, 0.25) is 0 Å². The molecule has 10 nitrogen and oxygen atoms in total. The average molecular weight is 725 g/mol. The van der Waals surface area contributed by atoms with Crippen LogP contribution >= 0.6 is 11.8 Å². The van der Waals surface area contributed by atoms with Gasteiger partial charge in [-0.1, -0.05) is 24.3 Å². The van der Waals surface area contributed by atoms with E-state index in [-0.39, 0.29) is 24.4 Å². The molecular weight excluding hydrogens is 685 g/mol. The first kappa shape index (κ1) is 38.9. The number of rotatable bonds is 18. The number of thioether (sulfide) groups is 1. The Labute approximate surface area is 298 Å². The summed E-state index contributed by atoms with van der Waals surface area (Å²) in [6, 6.07) is 20.3. The van der Waals surface area contributed by atoms with Gasteiger partial charge >= 0.3 is 12.1 Å². The molecule has 0 spiro atoms. The molecule has 270 valence electrons. The number of hydrogen-bond donors (Lipinski definition) is 3. The Balaban J connectivity index is 1.62. The molecule has 0 bridgehead atoms. The van der Waals surface area contributed by atoms with Crippen molar-refractivity contribution in [2.24, 2.45) is 0 Å². The largest absolute Gasteiger partial charge is 0.481 e. The predicted octanol–water partition coefficient (Wildman–Crippen LogP) is 6.76. The molecule has 1 heterocycles. The molecule has 0 aliphatic rings. The molecule has 0 aliphatic heterocycles. The Bertz CT molecular complexity index is 1800. The van der Waals surface area contributed by atoms with Crippen LogP contribution in [0.2, 0.25) is 0 Å². The second-order valence-electron chi connectivity index (χ2n) is 11.4. The second-order valence-corrected chi connectivity index (χ2v) is 12.5. The van der Waals surface area contributed by atoms with Gasteiger partial charge in [-0.25, -0.2) is 0 Å². The highest BCUT2D eigenvalue weighted by Gasteiger charge is 2.30. The number of amides is 2. The topological polar surface area (TPSA) is 130 Å². The Morgan fingerprint density at radius 3 is 2.27 bits per heavy atom. The SMILES string of the molecule is COCCN(CCOC)c1ccc(NC(=O)c2cccc(CSCCC(=O)O)c2)c(-c2cc(C(=O)NCc3cccc(C(F)(F)F)c3)ccn2)c1. The summed E-state index contributed by atoms with van der Waals surface area (Å²) in [6.45, 7) is 1.87.